The van der Waals surface area contributed by atoms with Crippen LogP contribution < -0.4 is 5.32 Å². The van der Waals surface area contributed by atoms with Crippen molar-refractivity contribution in [2.75, 3.05) is 0 Å². The van der Waals surface area contributed by atoms with Crippen molar-refractivity contribution >= 4 is 23.4 Å². The molecule has 1 heterocycles. The van der Waals surface area contributed by atoms with Gasteiger partial charge >= 0.3 is 0 Å². The number of benzene rings is 2. The summed E-state index contributed by atoms with van der Waals surface area (Å²) >= 11 is 7.79. The molecule has 2 atom stereocenters. The van der Waals surface area contributed by atoms with Crippen LogP contribution >= 0.6 is 23.4 Å². The van der Waals surface area contributed by atoms with Gasteiger partial charge in [-0.05, 0) is 73.2 Å². The van der Waals surface area contributed by atoms with Gasteiger partial charge in [-0.15, -0.1) is 0 Å². The Morgan fingerprint density at radius 1 is 1.12 bits per heavy atom. The van der Waals surface area contributed by atoms with E-state index in [0.717, 1.165) is 17.9 Å². The molecular formula is C21H22ClNS. The van der Waals surface area contributed by atoms with E-state index < -0.39 is 0 Å². The zero-order valence-corrected chi connectivity index (χ0v) is 15.5. The molecule has 1 aliphatic heterocycles. The minimum atomic E-state index is 0.234. The molecule has 0 bridgehead atoms. The second-order valence-electron chi connectivity index (χ2n) is 7.13. The van der Waals surface area contributed by atoms with Crippen LogP contribution in [0.1, 0.15) is 37.3 Å². The predicted molar refractivity (Wildman–Crippen MR) is 103 cm³/mol. The molecule has 1 N–H and O–H groups in total. The molecule has 0 amide bonds. The summed E-state index contributed by atoms with van der Waals surface area (Å²) in [5.74, 6) is 0. The van der Waals surface area contributed by atoms with E-state index in [2.05, 4.69) is 49.2 Å². The maximum atomic E-state index is 5.98. The number of nitrogens with one attached hydrogen (secondary N) is 1. The average Bonchev–Trinajstić information content (AvgIpc) is 2.58. The maximum Gasteiger partial charge on any atom is 0.0406 e. The highest BCUT2D eigenvalue weighted by Gasteiger charge is 2.42. The highest BCUT2D eigenvalue weighted by molar-refractivity contribution is 7.99. The van der Waals surface area contributed by atoms with Crippen LogP contribution in [-0.2, 0) is 11.8 Å². The lowest BCUT2D eigenvalue weighted by Gasteiger charge is -2.48. The number of hydrogen-bond donors (Lipinski definition) is 1. The van der Waals surface area contributed by atoms with Gasteiger partial charge in [0.15, 0.2) is 0 Å². The topological polar surface area (TPSA) is 12.0 Å². The van der Waals surface area contributed by atoms with Crippen molar-refractivity contribution < 1.29 is 0 Å². The van der Waals surface area contributed by atoms with Crippen LogP contribution in [0.3, 0.4) is 0 Å². The summed E-state index contributed by atoms with van der Waals surface area (Å²) in [6, 6.07) is 15.6. The van der Waals surface area contributed by atoms with E-state index in [1.165, 1.54) is 39.5 Å². The van der Waals surface area contributed by atoms with Crippen molar-refractivity contribution in [1.82, 2.24) is 5.32 Å². The fraction of sp³-hybridized carbons (Fsp3) is 0.333. The van der Waals surface area contributed by atoms with Gasteiger partial charge in [0, 0.05) is 32.0 Å². The van der Waals surface area contributed by atoms with Crippen LogP contribution in [0.25, 0.3) is 0 Å². The molecule has 1 aliphatic carbocycles. The SMILES string of the molecule is C=C1CCC2(C)c3ccc(Sc4ccc(Cl)cc4)cc3CCC2N1. The standard InChI is InChI=1S/C21H22ClNS/c1-14-11-12-21(2)19-9-8-18(13-15(19)3-10-20(21)23-14)24-17-6-4-16(22)5-7-17/h4-9,13,20,23H,1,3,10-12H2,2H3. The van der Waals surface area contributed by atoms with Crippen LogP contribution in [0, 0.1) is 0 Å². The van der Waals surface area contributed by atoms with Crippen LogP contribution in [0.2, 0.25) is 5.02 Å². The van der Waals surface area contributed by atoms with E-state index in [4.69, 9.17) is 11.6 Å². The highest BCUT2D eigenvalue weighted by Crippen LogP contribution is 2.45. The molecule has 124 valence electrons. The Labute approximate surface area is 153 Å². The minimum absolute atomic E-state index is 0.234. The molecule has 2 aliphatic rings. The Morgan fingerprint density at radius 3 is 2.67 bits per heavy atom. The van der Waals surface area contributed by atoms with Crippen LogP contribution in [-0.4, -0.2) is 6.04 Å². The fourth-order valence-electron chi connectivity index (χ4n) is 4.11. The van der Waals surface area contributed by atoms with Crippen LogP contribution in [0.5, 0.6) is 0 Å². The number of rotatable bonds is 2. The van der Waals surface area contributed by atoms with E-state index in [-0.39, 0.29) is 5.41 Å². The van der Waals surface area contributed by atoms with Gasteiger partial charge in [0.05, 0.1) is 0 Å². The number of fused-ring (bicyclic) bond motifs is 3. The largest absolute Gasteiger partial charge is 0.385 e. The molecule has 1 saturated heterocycles. The van der Waals surface area contributed by atoms with Gasteiger partial charge in [0.25, 0.3) is 0 Å². The van der Waals surface area contributed by atoms with Gasteiger partial charge in [-0.1, -0.05) is 42.9 Å². The molecule has 0 spiro atoms. The maximum absolute atomic E-state index is 5.98. The smallest absolute Gasteiger partial charge is 0.0406 e. The van der Waals surface area contributed by atoms with Gasteiger partial charge in [0.1, 0.15) is 0 Å². The van der Waals surface area contributed by atoms with Crippen molar-refractivity contribution in [1.29, 1.82) is 0 Å². The molecule has 1 fully saturated rings. The third-order valence-electron chi connectivity index (χ3n) is 5.54. The number of aryl methyl sites for hydroxylation is 1. The normalized spacial score (nSPS) is 25.6. The number of halogens is 1. The Bertz CT molecular complexity index is 783. The number of piperidine rings is 1. The number of allylic oxidation sites excluding steroid dienone is 1. The zero-order chi connectivity index (χ0) is 16.7. The first-order valence-electron chi connectivity index (χ1n) is 8.56. The lowest BCUT2D eigenvalue weighted by Crippen LogP contribution is -2.52. The van der Waals surface area contributed by atoms with E-state index in [1.807, 2.05) is 23.9 Å². The summed E-state index contributed by atoms with van der Waals surface area (Å²) in [6.07, 6.45) is 4.61. The first-order valence-corrected chi connectivity index (χ1v) is 9.75. The van der Waals surface area contributed by atoms with Gasteiger partial charge in [-0.2, -0.15) is 0 Å². The van der Waals surface area contributed by atoms with E-state index >= 15 is 0 Å². The van der Waals surface area contributed by atoms with Gasteiger partial charge < -0.3 is 5.32 Å². The lowest BCUT2D eigenvalue weighted by atomic mass is 9.64. The second-order valence-corrected chi connectivity index (χ2v) is 8.71. The molecule has 0 radical (unpaired) electrons. The van der Waals surface area contributed by atoms with E-state index in [0.29, 0.717) is 6.04 Å². The summed E-state index contributed by atoms with van der Waals surface area (Å²) in [6.45, 7) is 6.55. The average molecular weight is 356 g/mol. The minimum Gasteiger partial charge on any atom is -0.385 e. The Hall–Kier alpha value is -1.38. The van der Waals surface area contributed by atoms with Crippen molar-refractivity contribution in [3.63, 3.8) is 0 Å². The molecule has 24 heavy (non-hydrogen) atoms. The third-order valence-corrected chi connectivity index (χ3v) is 6.79. The molecule has 2 unspecified atom stereocenters. The Morgan fingerprint density at radius 2 is 1.88 bits per heavy atom. The summed E-state index contributed by atoms with van der Waals surface area (Å²) in [5, 5.41) is 4.43. The van der Waals surface area contributed by atoms with Gasteiger partial charge in [0.2, 0.25) is 0 Å². The lowest BCUT2D eigenvalue weighted by molar-refractivity contribution is 0.246. The summed E-state index contributed by atoms with van der Waals surface area (Å²) in [7, 11) is 0. The Kier molecular flexibility index (Phi) is 4.14. The quantitative estimate of drug-likeness (QED) is 0.713. The molecule has 3 heteroatoms. The molecule has 0 aromatic heterocycles. The summed E-state index contributed by atoms with van der Waals surface area (Å²) < 4.78 is 0. The van der Waals surface area contributed by atoms with Crippen LogP contribution in [0.15, 0.2) is 64.5 Å². The van der Waals surface area contributed by atoms with E-state index in [1.54, 1.807) is 0 Å². The number of hydrogen-bond acceptors (Lipinski definition) is 2. The second kappa shape index (κ2) is 6.16. The molecule has 0 saturated carbocycles. The molecule has 4 rings (SSSR count). The Balaban J connectivity index is 1.62. The van der Waals surface area contributed by atoms with Crippen molar-refractivity contribution in [2.24, 2.45) is 0 Å². The molecule has 2 aromatic carbocycles. The monoisotopic (exact) mass is 355 g/mol. The predicted octanol–water partition coefficient (Wildman–Crippen LogP) is 5.96. The first kappa shape index (κ1) is 16.1. The highest BCUT2D eigenvalue weighted by atomic mass is 35.5. The summed E-state index contributed by atoms with van der Waals surface area (Å²) in [5.41, 5.74) is 4.48. The van der Waals surface area contributed by atoms with Crippen molar-refractivity contribution in [3.05, 3.63) is 70.9 Å². The zero-order valence-electron chi connectivity index (χ0n) is 13.9. The fourth-order valence-corrected chi connectivity index (χ4v) is 5.12. The third kappa shape index (κ3) is 2.87. The van der Waals surface area contributed by atoms with Crippen molar-refractivity contribution in [2.45, 2.75) is 53.9 Å². The van der Waals surface area contributed by atoms with Gasteiger partial charge in [-0.25, -0.2) is 0 Å². The van der Waals surface area contributed by atoms with Crippen molar-refractivity contribution in [3.8, 4) is 0 Å². The molecular weight excluding hydrogens is 334 g/mol. The first-order chi connectivity index (χ1) is 11.5. The van der Waals surface area contributed by atoms with Gasteiger partial charge in [-0.3, -0.25) is 0 Å². The van der Waals surface area contributed by atoms with Crippen LogP contribution in [0.4, 0.5) is 0 Å². The van der Waals surface area contributed by atoms with E-state index in [9.17, 15) is 0 Å². The molecule has 1 nitrogen and oxygen atoms in total. The molecule has 2 aromatic rings. The summed E-state index contributed by atoms with van der Waals surface area (Å²) in [4.78, 5) is 2.54.